The van der Waals surface area contributed by atoms with Crippen LogP contribution in [-0.2, 0) is 9.53 Å². The number of pyridine rings is 1. The Labute approximate surface area is 153 Å². The number of nitrogen functional groups attached to an aromatic ring is 1. The normalized spacial score (nSPS) is 12.2. The first-order valence-electron chi connectivity index (χ1n) is 7.87. The summed E-state index contributed by atoms with van der Waals surface area (Å²) in [7, 11) is 0. The molecule has 26 heavy (non-hydrogen) atoms. The Morgan fingerprint density at radius 2 is 2.00 bits per heavy atom. The highest BCUT2D eigenvalue weighted by Gasteiger charge is 2.25. The summed E-state index contributed by atoms with van der Waals surface area (Å²) >= 11 is 1.15. The van der Waals surface area contributed by atoms with Crippen LogP contribution in [0.5, 0.6) is 0 Å². The van der Waals surface area contributed by atoms with E-state index in [0.717, 1.165) is 28.0 Å². The molecule has 3 N–H and O–H groups in total. The summed E-state index contributed by atoms with van der Waals surface area (Å²) in [5, 5.41) is 6.90. The second-order valence-electron chi connectivity index (χ2n) is 5.97. The molecule has 1 atom stereocenters. The smallest absolute Gasteiger partial charge is 0.351 e. The maximum absolute atomic E-state index is 12.5. The standard InChI is InChI=1S/C17H18N4O4S/c1-7-5-8(2)19-16-12(7)13(18)14(26-16)17(23)24-10(4)15(22)20-11-6-9(3)21-25-11/h5-6,10H,18H2,1-4H3,(H,20,22)/t10-/m0/s1. The molecule has 0 aliphatic rings. The number of nitrogens with one attached hydrogen (secondary N) is 1. The Morgan fingerprint density at radius 3 is 2.65 bits per heavy atom. The molecule has 3 aromatic heterocycles. The molecule has 3 aromatic rings. The number of esters is 1. The predicted octanol–water partition coefficient (Wildman–Crippen LogP) is 2.98. The highest BCUT2D eigenvalue weighted by molar-refractivity contribution is 7.21. The number of amides is 1. The number of anilines is 2. The average molecular weight is 374 g/mol. The maximum atomic E-state index is 12.5. The number of hydrogen-bond acceptors (Lipinski definition) is 8. The van der Waals surface area contributed by atoms with E-state index in [-0.39, 0.29) is 10.8 Å². The first kappa shape index (κ1) is 17.9. The molecular weight excluding hydrogens is 356 g/mol. The van der Waals surface area contributed by atoms with Crippen LogP contribution in [0.25, 0.3) is 10.2 Å². The summed E-state index contributed by atoms with van der Waals surface area (Å²) in [6.45, 7) is 6.97. The summed E-state index contributed by atoms with van der Waals surface area (Å²) in [4.78, 5) is 29.9. The van der Waals surface area contributed by atoms with E-state index in [1.165, 1.54) is 6.92 Å². The van der Waals surface area contributed by atoms with Gasteiger partial charge in [-0.3, -0.25) is 10.1 Å². The predicted molar refractivity (Wildman–Crippen MR) is 98.3 cm³/mol. The first-order chi connectivity index (χ1) is 12.3. The molecule has 0 unspecified atom stereocenters. The van der Waals surface area contributed by atoms with Crippen LogP contribution in [0.2, 0.25) is 0 Å². The van der Waals surface area contributed by atoms with Gasteiger partial charge in [0.2, 0.25) is 5.88 Å². The van der Waals surface area contributed by atoms with Gasteiger partial charge in [0.25, 0.3) is 5.91 Å². The lowest BCUT2D eigenvalue weighted by Crippen LogP contribution is -2.29. The number of rotatable bonds is 4. The monoisotopic (exact) mass is 374 g/mol. The number of nitrogens with zero attached hydrogens (tertiary/aromatic N) is 2. The van der Waals surface area contributed by atoms with Gasteiger partial charge in [0, 0.05) is 17.1 Å². The summed E-state index contributed by atoms with van der Waals surface area (Å²) < 4.78 is 10.2. The number of ether oxygens (including phenoxy) is 1. The fourth-order valence-electron chi connectivity index (χ4n) is 2.53. The second-order valence-corrected chi connectivity index (χ2v) is 6.97. The summed E-state index contributed by atoms with van der Waals surface area (Å²) in [6, 6.07) is 3.46. The van der Waals surface area contributed by atoms with Crippen LogP contribution in [0, 0.1) is 20.8 Å². The van der Waals surface area contributed by atoms with Gasteiger partial charge in [-0.05, 0) is 39.3 Å². The van der Waals surface area contributed by atoms with E-state index in [0.29, 0.717) is 16.2 Å². The molecule has 0 aromatic carbocycles. The van der Waals surface area contributed by atoms with Gasteiger partial charge in [0.1, 0.15) is 9.71 Å². The van der Waals surface area contributed by atoms with Crippen LogP contribution in [0.4, 0.5) is 11.6 Å². The van der Waals surface area contributed by atoms with E-state index in [2.05, 4.69) is 15.5 Å². The van der Waals surface area contributed by atoms with Crippen LogP contribution in [0.15, 0.2) is 16.7 Å². The van der Waals surface area contributed by atoms with Crippen LogP contribution < -0.4 is 11.1 Å². The van der Waals surface area contributed by atoms with Crippen molar-refractivity contribution in [2.45, 2.75) is 33.8 Å². The highest BCUT2D eigenvalue weighted by Crippen LogP contribution is 2.35. The van der Waals surface area contributed by atoms with Crippen molar-refractivity contribution in [1.29, 1.82) is 0 Å². The number of fused-ring (bicyclic) bond motifs is 1. The minimum Gasteiger partial charge on any atom is -0.448 e. The van der Waals surface area contributed by atoms with E-state index in [1.807, 2.05) is 19.9 Å². The summed E-state index contributed by atoms with van der Waals surface area (Å²) in [5.41, 5.74) is 8.83. The van der Waals surface area contributed by atoms with E-state index in [1.54, 1.807) is 13.0 Å². The van der Waals surface area contributed by atoms with Gasteiger partial charge < -0.3 is 15.0 Å². The molecular formula is C17H18N4O4S. The van der Waals surface area contributed by atoms with Crippen molar-refractivity contribution in [2.75, 3.05) is 11.1 Å². The van der Waals surface area contributed by atoms with Crippen LogP contribution >= 0.6 is 11.3 Å². The van der Waals surface area contributed by atoms with Gasteiger partial charge in [0.15, 0.2) is 6.10 Å². The molecule has 0 aliphatic carbocycles. The zero-order valence-corrected chi connectivity index (χ0v) is 15.6. The van der Waals surface area contributed by atoms with E-state index in [9.17, 15) is 9.59 Å². The van der Waals surface area contributed by atoms with Crippen LogP contribution in [0.3, 0.4) is 0 Å². The molecule has 0 bridgehead atoms. The molecule has 0 aliphatic heterocycles. The van der Waals surface area contributed by atoms with E-state index >= 15 is 0 Å². The molecule has 0 radical (unpaired) electrons. The first-order valence-corrected chi connectivity index (χ1v) is 8.69. The van der Waals surface area contributed by atoms with Crippen molar-refractivity contribution in [3.8, 4) is 0 Å². The molecule has 3 heterocycles. The Morgan fingerprint density at radius 1 is 1.27 bits per heavy atom. The third-order valence-electron chi connectivity index (χ3n) is 3.74. The van der Waals surface area contributed by atoms with Gasteiger partial charge in [-0.2, -0.15) is 0 Å². The number of carbonyl (C=O) groups is 2. The summed E-state index contributed by atoms with van der Waals surface area (Å²) in [5.74, 6) is -1.01. The lowest BCUT2D eigenvalue weighted by molar-refractivity contribution is -0.123. The molecule has 0 saturated carbocycles. The fourth-order valence-corrected chi connectivity index (χ4v) is 3.63. The highest BCUT2D eigenvalue weighted by atomic mass is 32.1. The number of aryl methyl sites for hydroxylation is 3. The largest absolute Gasteiger partial charge is 0.448 e. The maximum Gasteiger partial charge on any atom is 0.351 e. The third-order valence-corrected chi connectivity index (χ3v) is 4.82. The number of carbonyl (C=O) groups excluding carboxylic acids is 2. The van der Waals surface area contributed by atoms with E-state index < -0.39 is 18.0 Å². The van der Waals surface area contributed by atoms with Crippen molar-refractivity contribution in [3.63, 3.8) is 0 Å². The van der Waals surface area contributed by atoms with Crippen LogP contribution in [0.1, 0.15) is 33.5 Å². The molecule has 9 heteroatoms. The van der Waals surface area contributed by atoms with Crippen molar-refractivity contribution in [1.82, 2.24) is 10.1 Å². The van der Waals surface area contributed by atoms with E-state index in [4.69, 9.17) is 15.0 Å². The quantitative estimate of drug-likeness (QED) is 0.673. The molecule has 0 fully saturated rings. The lowest BCUT2D eigenvalue weighted by Gasteiger charge is -2.11. The number of nitrogens with two attached hydrogens (primary N) is 1. The second kappa shape index (κ2) is 6.75. The van der Waals surface area contributed by atoms with Crippen molar-refractivity contribution >= 4 is 45.0 Å². The van der Waals surface area contributed by atoms with Gasteiger partial charge >= 0.3 is 5.97 Å². The molecule has 3 rings (SSSR count). The molecule has 1 amide bonds. The van der Waals surface area contributed by atoms with Gasteiger partial charge in [0.05, 0.1) is 11.4 Å². The molecule has 0 saturated heterocycles. The zero-order valence-electron chi connectivity index (χ0n) is 14.7. The third kappa shape index (κ3) is 3.38. The average Bonchev–Trinajstić information content (AvgIpc) is 3.10. The Kier molecular flexibility index (Phi) is 4.64. The number of hydrogen-bond donors (Lipinski definition) is 2. The zero-order chi connectivity index (χ0) is 19.0. The Balaban J connectivity index is 1.77. The lowest BCUT2D eigenvalue weighted by atomic mass is 10.1. The van der Waals surface area contributed by atoms with Gasteiger partial charge in [-0.25, -0.2) is 9.78 Å². The number of thiophene rings is 1. The Hall–Kier alpha value is -2.94. The molecule has 8 nitrogen and oxygen atoms in total. The van der Waals surface area contributed by atoms with Crippen molar-refractivity contribution in [3.05, 3.63) is 34.0 Å². The minimum atomic E-state index is -1.03. The molecule has 136 valence electrons. The fraction of sp³-hybridized carbons (Fsp3) is 0.294. The topological polar surface area (TPSA) is 120 Å². The van der Waals surface area contributed by atoms with Gasteiger partial charge in [-0.15, -0.1) is 11.3 Å². The van der Waals surface area contributed by atoms with Gasteiger partial charge in [-0.1, -0.05) is 5.16 Å². The SMILES string of the molecule is Cc1cc(NC(=O)[C@H](C)OC(=O)c2sc3nc(C)cc(C)c3c2N)on1. The molecule has 0 spiro atoms. The summed E-state index contributed by atoms with van der Waals surface area (Å²) in [6.07, 6.45) is -1.03. The minimum absolute atomic E-state index is 0.187. The van der Waals surface area contributed by atoms with Crippen molar-refractivity contribution < 1.29 is 18.8 Å². The Bertz CT molecular complexity index is 1010. The number of aromatic nitrogens is 2. The van der Waals surface area contributed by atoms with Crippen molar-refractivity contribution in [2.24, 2.45) is 0 Å². The van der Waals surface area contributed by atoms with Crippen LogP contribution in [-0.4, -0.2) is 28.1 Å².